The third kappa shape index (κ3) is 4.04. The minimum Gasteiger partial charge on any atom is -0.494 e. The van der Waals surface area contributed by atoms with Crippen LogP contribution in [0.2, 0.25) is 0 Å². The van der Waals surface area contributed by atoms with Crippen molar-refractivity contribution in [2.45, 2.75) is 20.3 Å². The van der Waals surface area contributed by atoms with Crippen molar-refractivity contribution in [1.82, 2.24) is 0 Å². The van der Waals surface area contributed by atoms with Gasteiger partial charge in [-0.05, 0) is 54.4 Å². The zero-order chi connectivity index (χ0) is 13.8. The fourth-order valence-electron chi connectivity index (χ4n) is 1.24. The van der Waals surface area contributed by atoms with Crippen molar-refractivity contribution in [1.29, 1.82) is 5.26 Å². The molecule has 0 heterocycles. The van der Waals surface area contributed by atoms with Gasteiger partial charge in [-0.25, -0.2) is 4.79 Å². The van der Waals surface area contributed by atoms with Crippen molar-refractivity contribution in [3.05, 3.63) is 28.2 Å². The summed E-state index contributed by atoms with van der Waals surface area (Å²) in [6.07, 6.45) is 0.585. The predicted molar refractivity (Wildman–Crippen MR) is 70.6 cm³/mol. The molecule has 0 bridgehead atoms. The number of nitrogens with zero attached hydrogens (tertiary/aromatic N) is 1. The lowest BCUT2D eigenvalue weighted by Gasteiger charge is -2.15. The Morgan fingerprint density at radius 1 is 1.56 bits per heavy atom. The van der Waals surface area contributed by atoms with Gasteiger partial charge in [0.15, 0.2) is 0 Å². The first-order valence-electron chi connectivity index (χ1n) is 5.42. The van der Waals surface area contributed by atoms with Gasteiger partial charge in [0.25, 0.3) is 0 Å². The van der Waals surface area contributed by atoms with Crippen molar-refractivity contribution < 1.29 is 14.6 Å². The second-order valence-corrected chi connectivity index (χ2v) is 5.40. The molecule has 0 spiro atoms. The highest BCUT2D eigenvalue weighted by molar-refractivity contribution is 9.10. The normalized spacial score (nSPS) is 10.8. The van der Waals surface area contributed by atoms with Gasteiger partial charge in [-0.2, -0.15) is 5.26 Å². The van der Waals surface area contributed by atoms with E-state index >= 15 is 0 Å². The van der Waals surface area contributed by atoms with Crippen LogP contribution in [0, 0.1) is 16.7 Å². The number of carboxylic acid groups (broad SMARTS) is 1. The Morgan fingerprint density at radius 2 is 2.22 bits per heavy atom. The summed E-state index contributed by atoms with van der Waals surface area (Å²) < 4.78 is 5.97. The summed E-state index contributed by atoms with van der Waals surface area (Å²) >= 11 is 3.16. The van der Waals surface area contributed by atoms with E-state index < -0.39 is 11.4 Å². The van der Waals surface area contributed by atoms with Crippen LogP contribution in [0.15, 0.2) is 22.7 Å². The number of carboxylic acids is 1. The number of hydrogen-bond donors (Lipinski definition) is 1. The average molecular weight is 312 g/mol. The van der Waals surface area contributed by atoms with Crippen LogP contribution in [0.5, 0.6) is 5.75 Å². The molecule has 18 heavy (non-hydrogen) atoms. The summed E-state index contributed by atoms with van der Waals surface area (Å²) in [5.41, 5.74) is -0.280. The number of carbonyl (C=O) groups is 1. The molecule has 4 nitrogen and oxygen atoms in total. The van der Waals surface area contributed by atoms with E-state index in [0.717, 1.165) is 0 Å². The molecule has 0 aliphatic carbocycles. The minimum absolute atomic E-state index is 0.159. The van der Waals surface area contributed by atoms with E-state index in [1.807, 2.05) is 13.8 Å². The van der Waals surface area contributed by atoms with Gasteiger partial charge in [-0.3, -0.25) is 0 Å². The standard InChI is InChI=1S/C13H14BrNO3/c1-13(2,8-15)5-6-18-9-3-4-11(14)10(7-9)12(16)17/h3-4,7H,5-6H2,1-2H3,(H,16,17). The van der Waals surface area contributed by atoms with E-state index in [0.29, 0.717) is 23.2 Å². The van der Waals surface area contributed by atoms with Crippen LogP contribution < -0.4 is 4.74 Å². The first-order chi connectivity index (χ1) is 8.35. The second-order valence-electron chi connectivity index (χ2n) is 4.54. The van der Waals surface area contributed by atoms with Crippen LogP contribution >= 0.6 is 15.9 Å². The Balaban J connectivity index is 2.67. The van der Waals surface area contributed by atoms with Crippen LogP contribution in [0.3, 0.4) is 0 Å². The molecule has 0 aromatic heterocycles. The van der Waals surface area contributed by atoms with Gasteiger partial charge in [0.05, 0.1) is 23.7 Å². The largest absolute Gasteiger partial charge is 0.494 e. The summed E-state index contributed by atoms with van der Waals surface area (Å²) in [5, 5.41) is 17.8. The topological polar surface area (TPSA) is 70.3 Å². The molecule has 0 fully saturated rings. The smallest absolute Gasteiger partial charge is 0.336 e. The highest BCUT2D eigenvalue weighted by atomic mass is 79.9. The van der Waals surface area contributed by atoms with Gasteiger partial charge in [-0.1, -0.05) is 0 Å². The van der Waals surface area contributed by atoms with E-state index in [-0.39, 0.29) is 5.56 Å². The number of halogens is 1. The highest BCUT2D eigenvalue weighted by Gasteiger charge is 2.16. The zero-order valence-electron chi connectivity index (χ0n) is 10.2. The summed E-state index contributed by atoms with van der Waals surface area (Å²) in [7, 11) is 0. The number of ether oxygens (including phenoxy) is 1. The maximum absolute atomic E-state index is 10.9. The Bertz CT molecular complexity index is 491. The fraction of sp³-hybridized carbons (Fsp3) is 0.385. The van der Waals surface area contributed by atoms with Gasteiger partial charge in [0.2, 0.25) is 0 Å². The monoisotopic (exact) mass is 311 g/mol. The van der Waals surface area contributed by atoms with Crippen LogP contribution in [0.4, 0.5) is 0 Å². The van der Waals surface area contributed by atoms with Gasteiger partial charge in [0.1, 0.15) is 5.75 Å². The van der Waals surface area contributed by atoms with E-state index in [4.69, 9.17) is 15.1 Å². The molecule has 5 heteroatoms. The Kier molecular flexibility index (Phi) is 4.74. The Morgan fingerprint density at radius 3 is 2.78 bits per heavy atom. The number of hydrogen-bond acceptors (Lipinski definition) is 3. The fourth-order valence-corrected chi connectivity index (χ4v) is 1.65. The van der Waals surface area contributed by atoms with Gasteiger partial charge < -0.3 is 9.84 Å². The molecule has 0 saturated carbocycles. The number of rotatable bonds is 5. The first kappa shape index (κ1) is 14.5. The number of nitriles is 1. The molecular weight excluding hydrogens is 298 g/mol. The molecule has 0 radical (unpaired) electrons. The lowest BCUT2D eigenvalue weighted by molar-refractivity contribution is 0.0695. The quantitative estimate of drug-likeness (QED) is 0.904. The molecule has 1 aromatic rings. The van der Waals surface area contributed by atoms with Crippen molar-refractivity contribution in [2.75, 3.05) is 6.61 Å². The maximum atomic E-state index is 10.9. The lowest BCUT2D eigenvalue weighted by atomic mass is 9.92. The Labute approximate surface area is 114 Å². The van der Waals surface area contributed by atoms with E-state index in [9.17, 15) is 4.79 Å². The number of benzene rings is 1. The van der Waals surface area contributed by atoms with E-state index in [1.54, 1.807) is 12.1 Å². The number of aromatic carboxylic acids is 1. The summed E-state index contributed by atoms with van der Waals surface area (Å²) in [5.74, 6) is -0.519. The van der Waals surface area contributed by atoms with E-state index in [2.05, 4.69) is 22.0 Å². The lowest BCUT2D eigenvalue weighted by Crippen LogP contribution is -2.13. The molecule has 0 aliphatic heterocycles. The molecule has 0 unspecified atom stereocenters. The van der Waals surface area contributed by atoms with Gasteiger partial charge in [0, 0.05) is 4.47 Å². The zero-order valence-corrected chi connectivity index (χ0v) is 11.8. The molecule has 1 N–H and O–H groups in total. The molecule has 96 valence electrons. The first-order valence-corrected chi connectivity index (χ1v) is 6.22. The minimum atomic E-state index is -1.01. The van der Waals surface area contributed by atoms with Crippen LogP contribution in [-0.4, -0.2) is 17.7 Å². The van der Waals surface area contributed by atoms with Crippen molar-refractivity contribution in [3.8, 4) is 11.8 Å². The molecule has 0 atom stereocenters. The average Bonchev–Trinajstić information content (AvgIpc) is 2.31. The second kappa shape index (κ2) is 5.87. The van der Waals surface area contributed by atoms with Crippen LogP contribution in [0.25, 0.3) is 0 Å². The van der Waals surface area contributed by atoms with Crippen LogP contribution in [0.1, 0.15) is 30.6 Å². The third-order valence-electron chi connectivity index (χ3n) is 2.47. The van der Waals surface area contributed by atoms with Crippen molar-refractivity contribution >= 4 is 21.9 Å². The molecule has 1 rings (SSSR count). The third-order valence-corrected chi connectivity index (χ3v) is 3.16. The Hall–Kier alpha value is -1.54. The molecular formula is C13H14BrNO3. The van der Waals surface area contributed by atoms with Crippen LogP contribution in [-0.2, 0) is 0 Å². The molecule has 0 aliphatic rings. The SMILES string of the molecule is CC(C)(C#N)CCOc1ccc(Br)c(C(=O)O)c1. The predicted octanol–water partition coefficient (Wildman–Crippen LogP) is 3.47. The van der Waals surface area contributed by atoms with Crippen molar-refractivity contribution in [3.63, 3.8) is 0 Å². The molecule has 0 amide bonds. The summed E-state index contributed by atoms with van der Waals surface area (Å²) in [6.45, 7) is 4.04. The molecule has 1 aromatic carbocycles. The van der Waals surface area contributed by atoms with Gasteiger partial charge >= 0.3 is 5.97 Å². The molecule has 0 saturated heterocycles. The highest BCUT2D eigenvalue weighted by Crippen LogP contribution is 2.24. The van der Waals surface area contributed by atoms with Gasteiger partial charge in [-0.15, -0.1) is 0 Å². The van der Waals surface area contributed by atoms with E-state index in [1.165, 1.54) is 6.07 Å². The maximum Gasteiger partial charge on any atom is 0.336 e. The summed E-state index contributed by atoms with van der Waals surface area (Å²) in [4.78, 5) is 10.9. The summed E-state index contributed by atoms with van der Waals surface area (Å²) in [6, 6.07) is 6.97. The van der Waals surface area contributed by atoms with Crippen molar-refractivity contribution in [2.24, 2.45) is 5.41 Å².